The molecular formula is C27H19NO8. The summed E-state index contributed by atoms with van der Waals surface area (Å²) in [7, 11) is 1.31. The van der Waals surface area contributed by atoms with Gasteiger partial charge in [-0.1, -0.05) is 23.7 Å². The summed E-state index contributed by atoms with van der Waals surface area (Å²) < 4.78 is 11.2. The van der Waals surface area contributed by atoms with Crippen LogP contribution in [0.4, 0.5) is 5.69 Å². The highest BCUT2D eigenvalue weighted by molar-refractivity contribution is 6.32. The lowest BCUT2D eigenvalue weighted by Gasteiger charge is -2.37. The molecule has 0 saturated carbocycles. The third-order valence-corrected chi connectivity index (χ3v) is 7.28. The lowest BCUT2D eigenvalue weighted by atomic mass is 9.69. The predicted octanol–water partition coefficient (Wildman–Crippen LogP) is 0.958. The number of hydrogen-bond donors (Lipinski definition) is 5. The van der Waals surface area contributed by atoms with Crippen molar-refractivity contribution in [1.82, 2.24) is 0 Å². The quantitative estimate of drug-likeness (QED) is 0.203. The molecule has 0 amide bonds. The van der Waals surface area contributed by atoms with E-state index in [0.717, 1.165) is 0 Å². The van der Waals surface area contributed by atoms with Crippen molar-refractivity contribution in [3.05, 3.63) is 58.2 Å². The molecule has 2 aromatic rings. The molecule has 180 valence electrons. The van der Waals surface area contributed by atoms with Gasteiger partial charge in [0.15, 0.2) is 34.6 Å². The van der Waals surface area contributed by atoms with E-state index in [0.29, 0.717) is 0 Å². The molecule has 2 aromatic carbocycles. The maximum absolute atomic E-state index is 13.8. The van der Waals surface area contributed by atoms with E-state index >= 15 is 0 Å². The van der Waals surface area contributed by atoms with Gasteiger partial charge in [0.2, 0.25) is 5.78 Å². The molecule has 0 aromatic heterocycles. The van der Waals surface area contributed by atoms with Gasteiger partial charge in [0.25, 0.3) is 0 Å². The number of ketones is 2. The van der Waals surface area contributed by atoms with Crippen molar-refractivity contribution in [3.63, 3.8) is 0 Å². The van der Waals surface area contributed by atoms with Gasteiger partial charge in [-0.05, 0) is 37.3 Å². The first-order valence-electron chi connectivity index (χ1n) is 11.1. The number of allylic oxidation sites excluding steroid dienone is 2. The molecule has 2 aliphatic heterocycles. The Morgan fingerprint density at radius 2 is 1.81 bits per heavy atom. The van der Waals surface area contributed by atoms with Crippen LogP contribution in [0, 0.1) is 23.7 Å². The van der Waals surface area contributed by atoms with Gasteiger partial charge in [0.1, 0.15) is 11.8 Å². The molecule has 2 aliphatic carbocycles. The summed E-state index contributed by atoms with van der Waals surface area (Å²) in [6, 6.07) is 3.01. The Balaban J connectivity index is 1.68. The highest BCUT2D eigenvalue weighted by Crippen LogP contribution is 2.67. The van der Waals surface area contributed by atoms with Gasteiger partial charge in [0.05, 0.1) is 35.6 Å². The van der Waals surface area contributed by atoms with E-state index in [9.17, 15) is 30.0 Å². The van der Waals surface area contributed by atoms with Crippen molar-refractivity contribution >= 4 is 17.3 Å². The fourth-order valence-corrected chi connectivity index (χ4v) is 5.66. The maximum atomic E-state index is 13.8. The van der Waals surface area contributed by atoms with E-state index in [1.54, 1.807) is 0 Å². The number of rotatable bonds is 2. The number of carbonyl (C=O) groups excluding carboxylic acids is 2. The van der Waals surface area contributed by atoms with E-state index in [1.807, 2.05) is 0 Å². The molecule has 1 saturated heterocycles. The van der Waals surface area contributed by atoms with Crippen LogP contribution in [0.25, 0.3) is 0 Å². The van der Waals surface area contributed by atoms with E-state index in [1.165, 1.54) is 44.4 Å². The Hall–Kier alpha value is -4.28. The number of nitrogens with one attached hydrogen (secondary N) is 1. The maximum Gasteiger partial charge on any atom is 0.200 e. The Morgan fingerprint density at radius 3 is 2.50 bits per heavy atom. The molecule has 9 heteroatoms. The van der Waals surface area contributed by atoms with Gasteiger partial charge < -0.3 is 35.2 Å². The Morgan fingerprint density at radius 1 is 1.08 bits per heavy atom. The summed E-state index contributed by atoms with van der Waals surface area (Å²) in [5.74, 6) is 8.66. The van der Waals surface area contributed by atoms with Gasteiger partial charge >= 0.3 is 0 Å². The first-order valence-corrected chi connectivity index (χ1v) is 11.1. The van der Waals surface area contributed by atoms with Crippen LogP contribution in [0.1, 0.15) is 44.3 Å². The van der Waals surface area contributed by atoms with E-state index in [4.69, 9.17) is 9.47 Å². The van der Waals surface area contributed by atoms with Crippen molar-refractivity contribution in [2.45, 2.75) is 36.4 Å². The third kappa shape index (κ3) is 2.42. The van der Waals surface area contributed by atoms with Gasteiger partial charge in [-0.2, -0.15) is 0 Å². The fraction of sp³-hybridized carbons (Fsp3) is 0.259. The van der Waals surface area contributed by atoms with Crippen molar-refractivity contribution < 1.29 is 39.5 Å². The zero-order chi connectivity index (χ0) is 25.6. The summed E-state index contributed by atoms with van der Waals surface area (Å²) in [6.45, 7) is 1.48. The van der Waals surface area contributed by atoms with Crippen molar-refractivity contribution in [2.75, 3.05) is 12.4 Å². The molecule has 2 heterocycles. The molecule has 6 rings (SSSR count). The Kier molecular flexibility index (Phi) is 4.39. The number of anilines is 1. The van der Waals surface area contributed by atoms with Crippen LogP contribution in [0.2, 0.25) is 0 Å². The van der Waals surface area contributed by atoms with Crippen LogP contribution in [-0.2, 0) is 10.3 Å². The van der Waals surface area contributed by atoms with Crippen LogP contribution in [0.15, 0.2) is 30.4 Å². The molecule has 0 radical (unpaired) electrons. The Bertz CT molecular complexity index is 1570. The number of aliphatic hydroxyl groups is 2. The molecule has 0 spiro atoms. The Labute approximate surface area is 205 Å². The third-order valence-electron chi connectivity index (χ3n) is 7.28. The van der Waals surface area contributed by atoms with Crippen LogP contribution in [0.5, 0.6) is 17.2 Å². The number of phenols is 2. The highest BCUT2D eigenvalue weighted by atomic mass is 16.7. The second kappa shape index (κ2) is 7.12. The van der Waals surface area contributed by atoms with E-state index in [2.05, 4.69) is 29.0 Å². The number of aromatic hydroxyl groups is 2. The largest absolute Gasteiger partial charge is 0.507 e. The summed E-state index contributed by atoms with van der Waals surface area (Å²) in [6.07, 6.45) is 0.305. The average Bonchev–Trinajstić information content (AvgIpc) is 3.58. The molecule has 36 heavy (non-hydrogen) atoms. The summed E-state index contributed by atoms with van der Waals surface area (Å²) in [5, 5.41) is 46.8. The van der Waals surface area contributed by atoms with Crippen LogP contribution in [0.3, 0.4) is 0 Å². The topological polar surface area (TPSA) is 149 Å². The SMILES string of the molecule is COc1ccc2c(c1O)C(=O)c1c3c(cc(O)c1C2=O)[C@]12O[C@]1([C@@H](C)O)[C@H](C#C/C=C/C#C[C@H]2O)N3. The summed E-state index contributed by atoms with van der Waals surface area (Å²) in [5.41, 5.74) is -3.73. The first kappa shape index (κ1) is 22.2. The number of phenolic OH excluding ortho intramolecular Hbond substituents is 2. The van der Waals surface area contributed by atoms with Crippen molar-refractivity contribution in [3.8, 4) is 40.9 Å². The molecule has 9 nitrogen and oxygen atoms in total. The van der Waals surface area contributed by atoms with Gasteiger partial charge in [-0.25, -0.2) is 0 Å². The smallest absolute Gasteiger partial charge is 0.200 e. The number of hydrogen-bond acceptors (Lipinski definition) is 9. The number of carbonyl (C=O) groups is 2. The lowest BCUT2D eigenvalue weighted by molar-refractivity contribution is 0.0867. The van der Waals surface area contributed by atoms with E-state index in [-0.39, 0.29) is 39.3 Å². The summed E-state index contributed by atoms with van der Waals surface area (Å²) in [4.78, 5) is 27.3. The number of aliphatic hydroxyl groups excluding tert-OH is 2. The molecule has 4 aliphatic rings. The van der Waals surface area contributed by atoms with Gasteiger partial charge in [0, 0.05) is 11.1 Å². The molecular weight excluding hydrogens is 466 g/mol. The first-order chi connectivity index (χ1) is 17.2. The summed E-state index contributed by atoms with van der Waals surface area (Å²) >= 11 is 0. The number of benzene rings is 2. The van der Waals surface area contributed by atoms with E-state index < -0.39 is 52.5 Å². The zero-order valence-electron chi connectivity index (χ0n) is 19.0. The van der Waals surface area contributed by atoms with Gasteiger partial charge in [-0.15, -0.1) is 0 Å². The zero-order valence-corrected chi connectivity index (χ0v) is 19.0. The second-order valence-electron chi connectivity index (χ2n) is 8.96. The minimum absolute atomic E-state index is 0.00110. The average molecular weight is 485 g/mol. The van der Waals surface area contributed by atoms with Crippen LogP contribution < -0.4 is 10.1 Å². The molecule has 5 atom stereocenters. The van der Waals surface area contributed by atoms with Gasteiger partial charge in [-0.3, -0.25) is 9.59 Å². The minimum Gasteiger partial charge on any atom is -0.507 e. The van der Waals surface area contributed by atoms with Crippen LogP contribution >= 0.6 is 0 Å². The number of ether oxygens (including phenoxy) is 2. The second-order valence-corrected chi connectivity index (χ2v) is 8.96. The number of methoxy groups -OCH3 is 1. The van der Waals surface area contributed by atoms with Crippen LogP contribution in [-0.4, -0.2) is 63.0 Å². The highest BCUT2D eigenvalue weighted by Gasteiger charge is 2.82. The molecule has 5 N–H and O–H groups in total. The predicted molar refractivity (Wildman–Crippen MR) is 125 cm³/mol. The lowest BCUT2D eigenvalue weighted by Crippen LogP contribution is -2.54. The molecule has 1 fully saturated rings. The number of epoxide rings is 1. The standard InChI is InChI=1S/C27H19NO8/c1-12(29)26-17-7-5-3-4-6-8-18(31)27(26,36-26)14-11-15(30)20-21(22(14)28-17)25(34)19-13(23(20)32)9-10-16(35-2)24(19)33/h3-4,9-12,17-18,28-31,33H,1-2H3/b4-3+/t12-,17+,18-,26-,27-/m1/s1. The van der Waals surface area contributed by atoms with Crippen molar-refractivity contribution in [1.29, 1.82) is 0 Å². The molecule has 0 unspecified atom stereocenters. The fourth-order valence-electron chi connectivity index (χ4n) is 5.66. The van der Waals surface area contributed by atoms with Crippen molar-refractivity contribution in [2.24, 2.45) is 0 Å². The monoisotopic (exact) mass is 485 g/mol. The molecule has 2 bridgehead atoms. The normalized spacial score (nSPS) is 29.9. The minimum atomic E-state index is -1.66. The number of fused-ring (bicyclic) bond motifs is 4.